The Bertz CT molecular complexity index is 250. The van der Waals surface area contributed by atoms with E-state index in [0.717, 1.165) is 6.42 Å². The van der Waals surface area contributed by atoms with Crippen molar-refractivity contribution >= 4 is 31.2 Å². The first-order chi connectivity index (χ1) is 7.67. The second kappa shape index (κ2) is 13.2. The summed E-state index contributed by atoms with van der Waals surface area (Å²) in [7, 11) is 4.03. The molecule has 8 heteroatoms. The third-order valence-corrected chi connectivity index (χ3v) is 2.18. The molecule has 1 radical (unpaired) electrons. The number of rotatable bonds is 5. The second-order valence-corrected chi connectivity index (χ2v) is 3.41. The minimum absolute atomic E-state index is 0. The van der Waals surface area contributed by atoms with E-state index in [1.165, 1.54) is 0 Å². The number of aldehydes is 1. The Morgan fingerprint density at radius 2 is 2.29 bits per heavy atom. The van der Waals surface area contributed by atoms with Gasteiger partial charge in [-0.1, -0.05) is 6.92 Å². The zero-order chi connectivity index (χ0) is 12.4. The number of hydrogen-bond acceptors (Lipinski definition) is 5. The SMILES string of the molecule is CCC1C=[C-]C(=O)O1.O=CC(COP)OP.[Y]. The van der Waals surface area contributed by atoms with Gasteiger partial charge < -0.3 is 24.7 Å². The van der Waals surface area contributed by atoms with Crippen molar-refractivity contribution in [2.45, 2.75) is 25.6 Å². The number of hydrogen-bond donors (Lipinski definition) is 0. The molecule has 0 aromatic rings. The predicted molar refractivity (Wildman–Crippen MR) is 64.3 cm³/mol. The first kappa shape index (κ1) is 20.1. The molecule has 95 valence electrons. The third-order valence-electron chi connectivity index (χ3n) is 1.63. The van der Waals surface area contributed by atoms with Crippen LogP contribution >= 0.6 is 18.9 Å². The summed E-state index contributed by atoms with van der Waals surface area (Å²) in [5, 5.41) is 0. The molecule has 0 amide bonds. The van der Waals surface area contributed by atoms with Crippen molar-refractivity contribution < 1.29 is 56.1 Å². The van der Waals surface area contributed by atoms with Crippen LogP contribution in [0, 0.1) is 6.08 Å². The van der Waals surface area contributed by atoms with Crippen LogP contribution in [0.2, 0.25) is 0 Å². The van der Waals surface area contributed by atoms with E-state index in [-0.39, 0.29) is 51.4 Å². The van der Waals surface area contributed by atoms with Crippen molar-refractivity contribution in [3.05, 3.63) is 12.2 Å². The first-order valence-electron chi connectivity index (χ1n) is 4.60. The number of carbonyl (C=O) groups excluding carboxylic acids is 2. The van der Waals surface area contributed by atoms with Gasteiger partial charge in [-0.25, -0.2) is 6.08 Å². The molecular weight excluding hydrogens is 339 g/mol. The maximum Gasteiger partial charge on any atom is 0.151 e. The van der Waals surface area contributed by atoms with Crippen molar-refractivity contribution in [2.75, 3.05) is 6.61 Å². The number of esters is 1. The Kier molecular flexibility index (Phi) is 15.6. The fraction of sp³-hybridized carbons (Fsp3) is 0.556. The van der Waals surface area contributed by atoms with Gasteiger partial charge in [-0.2, -0.15) is 0 Å². The smallest absolute Gasteiger partial charge is 0.151 e. The molecule has 0 saturated carbocycles. The quantitative estimate of drug-likeness (QED) is 0.317. The summed E-state index contributed by atoms with van der Waals surface area (Å²) in [5.41, 5.74) is 0. The molecule has 4 atom stereocenters. The maximum absolute atomic E-state index is 10.2. The van der Waals surface area contributed by atoms with Gasteiger partial charge in [0.1, 0.15) is 12.1 Å². The van der Waals surface area contributed by atoms with E-state index >= 15 is 0 Å². The number of carbonyl (C=O) groups is 2. The minimum atomic E-state index is -0.461. The molecule has 0 aliphatic carbocycles. The molecule has 0 saturated heterocycles. The molecule has 0 bridgehead atoms. The van der Waals surface area contributed by atoms with Gasteiger partial charge in [-0.05, 0) is 6.42 Å². The van der Waals surface area contributed by atoms with E-state index in [1.54, 1.807) is 6.08 Å². The molecule has 1 aliphatic heterocycles. The Morgan fingerprint density at radius 1 is 1.65 bits per heavy atom. The molecule has 0 aromatic heterocycles. The molecule has 0 N–H and O–H groups in total. The van der Waals surface area contributed by atoms with Crippen molar-refractivity contribution in [1.82, 2.24) is 0 Å². The van der Waals surface area contributed by atoms with Crippen molar-refractivity contribution in [3.8, 4) is 0 Å². The Hall–Kier alpha value is 0.764. The molecule has 1 heterocycles. The minimum Gasteiger partial charge on any atom is -0.486 e. The van der Waals surface area contributed by atoms with Gasteiger partial charge in [-0.3, -0.25) is 4.79 Å². The largest absolute Gasteiger partial charge is 0.486 e. The summed E-state index contributed by atoms with van der Waals surface area (Å²) in [4.78, 5) is 20.1. The van der Waals surface area contributed by atoms with Crippen LogP contribution in [0.4, 0.5) is 0 Å². The Labute approximate surface area is 131 Å². The molecule has 0 spiro atoms. The summed E-state index contributed by atoms with van der Waals surface area (Å²) < 4.78 is 13.8. The van der Waals surface area contributed by atoms with Crippen LogP contribution < -0.4 is 0 Å². The summed E-state index contributed by atoms with van der Waals surface area (Å²) >= 11 is 0. The van der Waals surface area contributed by atoms with E-state index in [0.29, 0.717) is 6.29 Å². The zero-order valence-corrected chi connectivity index (χ0v) is 14.6. The van der Waals surface area contributed by atoms with Gasteiger partial charge in [0.05, 0.1) is 12.7 Å². The molecule has 1 aliphatic rings. The van der Waals surface area contributed by atoms with Crippen LogP contribution in [0.3, 0.4) is 0 Å². The van der Waals surface area contributed by atoms with E-state index in [1.807, 2.05) is 25.9 Å². The van der Waals surface area contributed by atoms with E-state index in [9.17, 15) is 9.59 Å². The van der Waals surface area contributed by atoms with Crippen LogP contribution in [-0.4, -0.2) is 31.1 Å². The fourth-order valence-corrected chi connectivity index (χ4v) is 1.11. The summed E-state index contributed by atoms with van der Waals surface area (Å²) in [6.45, 7) is 2.24. The van der Waals surface area contributed by atoms with E-state index in [4.69, 9.17) is 4.74 Å². The van der Waals surface area contributed by atoms with Gasteiger partial charge in [0.25, 0.3) is 0 Å². The molecule has 1 rings (SSSR count). The standard InChI is InChI=1S/C6H7O2.C3H8O3P2.Y/c1-2-5-3-4-6(7)8-5;4-1-3(6-8)2-5-7;/h3,5H,2H2,1H3;1,3H,2,7-8H2;/q-1;;. The van der Waals surface area contributed by atoms with Crippen LogP contribution in [-0.2, 0) is 56.1 Å². The first-order valence-corrected chi connectivity index (χ1v) is 5.55. The Balaban J connectivity index is 0. The molecule has 5 nitrogen and oxygen atoms in total. The Morgan fingerprint density at radius 3 is 2.47 bits per heavy atom. The average molecular weight is 354 g/mol. The third kappa shape index (κ3) is 10.4. The summed E-state index contributed by atoms with van der Waals surface area (Å²) in [5.74, 6) is -0.336. The van der Waals surface area contributed by atoms with Gasteiger partial charge in [0.2, 0.25) is 0 Å². The maximum atomic E-state index is 10.2. The van der Waals surface area contributed by atoms with Gasteiger partial charge in [-0.15, -0.1) is 0 Å². The fourth-order valence-electron chi connectivity index (χ4n) is 0.773. The van der Waals surface area contributed by atoms with Crippen LogP contribution in [0.5, 0.6) is 0 Å². The van der Waals surface area contributed by atoms with Crippen molar-refractivity contribution in [2.24, 2.45) is 0 Å². The average Bonchev–Trinajstić information content (AvgIpc) is 2.73. The predicted octanol–water partition coefficient (Wildman–Crippen LogP) is 0.846. The molecular formula is C9H15O5P2Y-. The van der Waals surface area contributed by atoms with Crippen LogP contribution in [0.25, 0.3) is 0 Å². The summed E-state index contributed by atoms with van der Waals surface area (Å²) in [6, 6.07) is 0. The molecule has 17 heavy (non-hydrogen) atoms. The van der Waals surface area contributed by atoms with Crippen LogP contribution in [0.15, 0.2) is 6.08 Å². The molecule has 4 unspecified atom stereocenters. The van der Waals surface area contributed by atoms with Gasteiger partial charge >= 0.3 is 0 Å². The zero-order valence-electron chi connectivity index (χ0n) is 9.50. The van der Waals surface area contributed by atoms with Gasteiger partial charge in [0, 0.05) is 51.6 Å². The molecule has 0 aromatic carbocycles. The number of cyclic esters (lactones) is 1. The van der Waals surface area contributed by atoms with E-state index in [2.05, 4.69) is 15.1 Å². The summed E-state index contributed by atoms with van der Waals surface area (Å²) in [6.07, 6.45) is 5.14. The topological polar surface area (TPSA) is 61.8 Å². The normalized spacial score (nSPS) is 18.5. The van der Waals surface area contributed by atoms with Gasteiger partial charge in [0.15, 0.2) is 6.29 Å². The van der Waals surface area contributed by atoms with E-state index < -0.39 is 6.10 Å². The molecule has 0 fully saturated rings. The van der Waals surface area contributed by atoms with Crippen molar-refractivity contribution in [3.63, 3.8) is 0 Å². The monoisotopic (exact) mass is 354 g/mol. The number of ether oxygens (including phenoxy) is 1. The van der Waals surface area contributed by atoms with Crippen LogP contribution in [0.1, 0.15) is 13.3 Å². The van der Waals surface area contributed by atoms with Crippen molar-refractivity contribution in [1.29, 1.82) is 0 Å². The second-order valence-electron chi connectivity index (χ2n) is 2.81.